The van der Waals surface area contributed by atoms with Crippen LogP contribution in [0.4, 0.5) is 0 Å². The Morgan fingerprint density at radius 3 is 2.77 bits per heavy atom. The molecule has 1 atom stereocenters. The van der Waals surface area contributed by atoms with E-state index in [1.54, 1.807) is 24.5 Å². The van der Waals surface area contributed by atoms with Gasteiger partial charge in [-0.05, 0) is 43.2 Å². The van der Waals surface area contributed by atoms with Crippen molar-refractivity contribution < 1.29 is 9.53 Å². The van der Waals surface area contributed by atoms with Crippen molar-refractivity contribution in [2.45, 2.75) is 18.9 Å². The van der Waals surface area contributed by atoms with E-state index in [2.05, 4.69) is 10.1 Å². The summed E-state index contributed by atoms with van der Waals surface area (Å²) in [4.78, 5) is 19.2. The number of carbonyl (C=O) groups excluding carboxylic acids is 1. The average Bonchev–Trinajstić information content (AvgIpc) is 3.24. The van der Waals surface area contributed by atoms with Crippen LogP contribution in [0.25, 0.3) is 0 Å². The summed E-state index contributed by atoms with van der Waals surface area (Å²) in [5, 5.41) is 4.32. The Kier molecular flexibility index (Phi) is 4.64. The maximum atomic E-state index is 13.1. The van der Waals surface area contributed by atoms with Crippen molar-refractivity contribution in [3.63, 3.8) is 0 Å². The van der Waals surface area contributed by atoms with Crippen molar-refractivity contribution in [1.82, 2.24) is 19.7 Å². The van der Waals surface area contributed by atoms with E-state index in [1.165, 1.54) is 0 Å². The standard InChI is InChI=1S/C20H20N4O2/c25-20(23-13-5-7-16(15-23)24-14-6-12-22-24)18-10-4-11-21-19(18)26-17-8-2-1-3-9-17/h1-4,6,8-12,14,16H,5,7,13,15H2. The van der Waals surface area contributed by atoms with E-state index in [0.29, 0.717) is 23.7 Å². The van der Waals surface area contributed by atoms with Gasteiger partial charge in [-0.1, -0.05) is 18.2 Å². The van der Waals surface area contributed by atoms with Crippen molar-refractivity contribution in [3.8, 4) is 11.6 Å². The molecule has 1 aliphatic rings. The number of benzene rings is 1. The monoisotopic (exact) mass is 348 g/mol. The molecule has 6 nitrogen and oxygen atoms in total. The minimum absolute atomic E-state index is 0.0547. The van der Waals surface area contributed by atoms with Gasteiger partial charge in [-0.3, -0.25) is 9.48 Å². The number of amides is 1. The van der Waals surface area contributed by atoms with E-state index in [0.717, 1.165) is 19.4 Å². The van der Waals surface area contributed by atoms with E-state index in [9.17, 15) is 4.79 Å². The third kappa shape index (κ3) is 3.44. The van der Waals surface area contributed by atoms with Crippen LogP contribution >= 0.6 is 0 Å². The fourth-order valence-corrected chi connectivity index (χ4v) is 3.26. The Labute approximate surface area is 152 Å². The SMILES string of the molecule is O=C(c1cccnc1Oc1ccccc1)N1CCCC(n2cccn2)C1. The van der Waals surface area contributed by atoms with Gasteiger partial charge in [0.25, 0.3) is 5.91 Å². The molecule has 1 saturated heterocycles. The van der Waals surface area contributed by atoms with Crippen LogP contribution < -0.4 is 4.74 Å². The number of hydrogen-bond acceptors (Lipinski definition) is 4. The van der Waals surface area contributed by atoms with Crippen LogP contribution in [0.3, 0.4) is 0 Å². The number of carbonyl (C=O) groups is 1. The van der Waals surface area contributed by atoms with Crippen molar-refractivity contribution in [3.05, 3.63) is 72.7 Å². The first kappa shape index (κ1) is 16.3. The Balaban J connectivity index is 1.54. The Bertz CT molecular complexity index is 865. The summed E-state index contributed by atoms with van der Waals surface area (Å²) in [6, 6.07) is 15.0. The summed E-state index contributed by atoms with van der Waals surface area (Å²) < 4.78 is 7.78. The highest BCUT2D eigenvalue weighted by molar-refractivity contribution is 5.96. The third-order valence-electron chi connectivity index (χ3n) is 4.54. The number of ether oxygens (including phenoxy) is 1. The van der Waals surface area contributed by atoms with Gasteiger partial charge in [-0.2, -0.15) is 5.10 Å². The number of piperidine rings is 1. The predicted molar refractivity (Wildman–Crippen MR) is 97.2 cm³/mol. The first-order valence-electron chi connectivity index (χ1n) is 8.77. The summed E-state index contributed by atoms with van der Waals surface area (Å²) in [5.74, 6) is 0.944. The highest BCUT2D eigenvalue weighted by Crippen LogP contribution is 2.27. The zero-order valence-corrected chi connectivity index (χ0v) is 14.4. The van der Waals surface area contributed by atoms with Crippen LogP contribution in [0.2, 0.25) is 0 Å². The molecular formula is C20H20N4O2. The number of para-hydroxylation sites is 1. The van der Waals surface area contributed by atoms with Crippen LogP contribution in [0.5, 0.6) is 11.6 Å². The summed E-state index contributed by atoms with van der Waals surface area (Å²) in [6.07, 6.45) is 7.33. The lowest BCUT2D eigenvalue weighted by atomic mass is 10.0. The smallest absolute Gasteiger partial charge is 0.259 e. The van der Waals surface area contributed by atoms with Crippen LogP contribution in [0.15, 0.2) is 67.1 Å². The molecule has 6 heteroatoms. The fraction of sp³-hybridized carbons (Fsp3) is 0.250. The highest BCUT2D eigenvalue weighted by atomic mass is 16.5. The summed E-state index contributed by atoms with van der Waals surface area (Å²) in [5.41, 5.74) is 0.484. The lowest BCUT2D eigenvalue weighted by molar-refractivity contribution is 0.0669. The molecule has 0 spiro atoms. The molecule has 1 aromatic carbocycles. The molecular weight excluding hydrogens is 328 g/mol. The molecule has 2 aromatic heterocycles. The molecule has 1 amide bonds. The molecule has 0 bridgehead atoms. The molecule has 3 aromatic rings. The lowest BCUT2D eigenvalue weighted by Crippen LogP contribution is -2.41. The van der Waals surface area contributed by atoms with Crippen LogP contribution in [-0.4, -0.2) is 38.7 Å². The molecule has 1 unspecified atom stereocenters. The second-order valence-electron chi connectivity index (χ2n) is 6.30. The van der Waals surface area contributed by atoms with E-state index in [4.69, 9.17) is 4.74 Å². The summed E-state index contributed by atoms with van der Waals surface area (Å²) >= 11 is 0. The Hall–Kier alpha value is -3.15. The van der Waals surface area contributed by atoms with E-state index in [-0.39, 0.29) is 11.9 Å². The summed E-state index contributed by atoms with van der Waals surface area (Å²) in [6.45, 7) is 1.37. The second-order valence-corrected chi connectivity index (χ2v) is 6.30. The van der Waals surface area contributed by atoms with E-state index in [1.807, 2.05) is 52.2 Å². The average molecular weight is 348 g/mol. The molecule has 132 valence electrons. The molecule has 1 fully saturated rings. The summed E-state index contributed by atoms with van der Waals surface area (Å²) in [7, 11) is 0. The van der Waals surface area contributed by atoms with Crippen LogP contribution in [0.1, 0.15) is 29.2 Å². The first-order valence-corrected chi connectivity index (χ1v) is 8.77. The van der Waals surface area contributed by atoms with Crippen molar-refractivity contribution in [1.29, 1.82) is 0 Å². The normalized spacial score (nSPS) is 17.1. The largest absolute Gasteiger partial charge is 0.438 e. The van der Waals surface area contributed by atoms with Gasteiger partial charge in [0.05, 0.1) is 6.04 Å². The predicted octanol–water partition coefficient (Wildman–Crippen LogP) is 3.55. The van der Waals surface area contributed by atoms with Gasteiger partial charge < -0.3 is 9.64 Å². The zero-order valence-electron chi connectivity index (χ0n) is 14.4. The third-order valence-corrected chi connectivity index (χ3v) is 4.54. The Morgan fingerprint density at radius 1 is 1.08 bits per heavy atom. The first-order chi connectivity index (χ1) is 12.8. The van der Waals surface area contributed by atoms with E-state index < -0.39 is 0 Å². The van der Waals surface area contributed by atoms with Crippen molar-refractivity contribution >= 4 is 5.91 Å². The number of rotatable bonds is 4. The van der Waals surface area contributed by atoms with Gasteiger partial charge in [0.2, 0.25) is 5.88 Å². The van der Waals surface area contributed by atoms with Gasteiger partial charge in [-0.15, -0.1) is 0 Å². The molecule has 3 heterocycles. The Morgan fingerprint density at radius 2 is 1.96 bits per heavy atom. The number of likely N-dealkylation sites (tertiary alicyclic amines) is 1. The quantitative estimate of drug-likeness (QED) is 0.723. The van der Waals surface area contributed by atoms with Crippen molar-refractivity contribution in [2.24, 2.45) is 0 Å². The topological polar surface area (TPSA) is 60.2 Å². The number of hydrogen-bond donors (Lipinski definition) is 0. The van der Waals surface area contributed by atoms with Gasteiger partial charge in [0, 0.05) is 31.7 Å². The molecule has 0 N–H and O–H groups in total. The molecule has 1 aliphatic heterocycles. The maximum absolute atomic E-state index is 13.1. The highest BCUT2D eigenvalue weighted by Gasteiger charge is 2.27. The fourth-order valence-electron chi connectivity index (χ4n) is 3.26. The van der Waals surface area contributed by atoms with Gasteiger partial charge in [0.1, 0.15) is 11.3 Å². The second kappa shape index (κ2) is 7.39. The van der Waals surface area contributed by atoms with Crippen LogP contribution in [-0.2, 0) is 0 Å². The molecule has 4 rings (SSSR count). The molecule has 26 heavy (non-hydrogen) atoms. The van der Waals surface area contributed by atoms with Gasteiger partial charge in [0.15, 0.2) is 0 Å². The number of nitrogens with zero attached hydrogens (tertiary/aromatic N) is 4. The van der Waals surface area contributed by atoms with Gasteiger partial charge in [-0.25, -0.2) is 4.98 Å². The molecule has 0 saturated carbocycles. The minimum Gasteiger partial charge on any atom is -0.438 e. The number of aromatic nitrogens is 3. The molecule has 0 radical (unpaired) electrons. The minimum atomic E-state index is -0.0547. The molecule has 0 aliphatic carbocycles. The number of pyridine rings is 1. The lowest BCUT2D eigenvalue weighted by Gasteiger charge is -2.33. The maximum Gasteiger partial charge on any atom is 0.259 e. The zero-order chi connectivity index (χ0) is 17.8. The van der Waals surface area contributed by atoms with Crippen LogP contribution in [0, 0.1) is 0 Å². The van der Waals surface area contributed by atoms with E-state index >= 15 is 0 Å². The van der Waals surface area contributed by atoms with Gasteiger partial charge >= 0.3 is 0 Å². The van der Waals surface area contributed by atoms with Crippen molar-refractivity contribution in [2.75, 3.05) is 13.1 Å².